The highest BCUT2D eigenvalue weighted by atomic mass is 14.8. The molecule has 0 aromatic rings. The summed E-state index contributed by atoms with van der Waals surface area (Å²) in [5, 5.41) is 0. The first-order valence-electron chi connectivity index (χ1n) is 5.26. The summed E-state index contributed by atoms with van der Waals surface area (Å²) in [5.74, 6) is 1.32. The van der Waals surface area contributed by atoms with Gasteiger partial charge < -0.3 is 0 Å². The molecule has 0 aromatic heterocycles. The van der Waals surface area contributed by atoms with Gasteiger partial charge in [0.2, 0.25) is 0 Å². The van der Waals surface area contributed by atoms with Crippen LogP contribution in [0, 0.1) is 11.8 Å². The SMILES string of the molecule is CN=CN=C(C)C1CC=C(C)C(C)C1. The van der Waals surface area contributed by atoms with Crippen LogP contribution in [0.2, 0.25) is 0 Å². The second-order valence-corrected chi connectivity index (χ2v) is 4.16. The van der Waals surface area contributed by atoms with Crippen LogP contribution >= 0.6 is 0 Å². The van der Waals surface area contributed by atoms with Crippen LogP contribution < -0.4 is 0 Å². The van der Waals surface area contributed by atoms with Crippen LogP contribution in [0.1, 0.15) is 33.6 Å². The molecule has 0 saturated heterocycles. The molecule has 1 rings (SSSR count). The molecule has 78 valence electrons. The van der Waals surface area contributed by atoms with Crippen LogP contribution in [0.15, 0.2) is 21.6 Å². The van der Waals surface area contributed by atoms with Crippen molar-refractivity contribution in [3.05, 3.63) is 11.6 Å². The van der Waals surface area contributed by atoms with E-state index < -0.39 is 0 Å². The van der Waals surface area contributed by atoms with E-state index in [9.17, 15) is 0 Å². The van der Waals surface area contributed by atoms with Crippen LogP contribution in [0.25, 0.3) is 0 Å². The van der Waals surface area contributed by atoms with E-state index in [1.165, 1.54) is 17.7 Å². The Morgan fingerprint density at radius 3 is 2.86 bits per heavy atom. The standard InChI is InChI=1S/C12H20N2/c1-9-5-6-12(7-10(9)2)11(3)14-8-13-4/h5,8,10,12H,6-7H2,1-4H3. The molecule has 0 saturated carbocycles. The Labute approximate surface area is 86.8 Å². The Morgan fingerprint density at radius 2 is 2.29 bits per heavy atom. The normalized spacial score (nSPS) is 29.4. The zero-order valence-corrected chi connectivity index (χ0v) is 9.62. The quantitative estimate of drug-likeness (QED) is 0.365. The van der Waals surface area contributed by atoms with E-state index in [1.54, 1.807) is 13.4 Å². The Balaban J connectivity index is 2.64. The molecular weight excluding hydrogens is 172 g/mol. The minimum absolute atomic E-state index is 0.617. The maximum Gasteiger partial charge on any atom is 0.109 e. The minimum atomic E-state index is 0.617. The summed E-state index contributed by atoms with van der Waals surface area (Å²) < 4.78 is 0. The summed E-state index contributed by atoms with van der Waals surface area (Å²) in [4.78, 5) is 8.20. The number of allylic oxidation sites excluding steroid dienone is 2. The second kappa shape index (κ2) is 5.08. The lowest BCUT2D eigenvalue weighted by Gasteiger charge is -2.25. The first-order valence-corrected chi connectivity index (χ1v) is 5.26. The first-order chi connectivity index (χ1) is 6.65. The summed E-state index contributed by atoms with van der Waals surface area (Å²) in [6, 6.07) is 0. The van der Waals surface area contributed by atoms with Gasteiger partial charge in [-0.1, -0.05) is 18.6 Å². The molecule has 0 amide bonds. The third-order valence-electron chi connectivity index (χ3n) is 3.11. The van der Waals surface area contributed by atoms with Gasteiger partial charge in [-0.3, -0.25) is 4.99 Å². The molecule has 2 nitrogen and oxygen atoms in total. The predicted molar refractivity (Wildman–Crippen MR) is 63.2 cm³/mol. The molecule has 1 aliphatic carbocycles. The van der Waals surface area contributed by atoms with Crippen molar-refractivity contribution in [2.24, 2.45) is 21.8 Å². The van der Waals surface area contributed by atoms with Crippen molar-refractivity contribution in [3.8, 4) is 0 Å². The van der Waals surface area contributed by atoms with Crippen LogP contribution in [0.3, 0.4) is 0 Å². The summed E-state index contributed by atoms with van der Waals surface area (Å²) in [7, 11) is 1.75. The van der Waals surface area contributed by atoms with Gasteiger partial charge >= 0.3 is 0 Å². The highest BCUT2D eigenvalue weighted by molar-refractivity contribution is 5.90. The van der Waals surface area contributed by atoms with E-state index >= 15 is 0 Å². The Hall–Kier alpha value is -0.920. The molecule has 2 atom stereocenters. The molecule has 0 N–H and O–H groups in total. The minimum Gasteiger partial charge on any atom is -0.277 e. The fourth-order valence-electron chi connectivity index (χ4n) is 1.83. The molecule has 0 radical (unpaired) electrons. The number of hydrogen-bond acceptors (Lipinski definition) is 1. The lowest BCUT2D eigenvalue weighted by molar-refractivity contribution is 0.487. The second-order valence-electron chi connectivity index (χ2n) is 4.16. The molecular formula is C12H20N2. The monoisotopic (exact) mass is 192 g/mol. The van der Waals surface area contributed by atoms with Crippen molar-refractivity contribution in [1.29, 1.82) is 0 Å². The summed E-state index contributed by atoms with van der Waals surface area (Å²) in [6.45, 7) is 6.62. The molecule has 0 aromatic carbocycles. The molecule has 0 bridgehead atoms. The summed E-state index contributed by atoms with van der Waals surface area (Å²) >= 11 is 0. The van der Waals surface area contributed by atoms with Crippen molar-refractivity contribution in [3.63, 3.8) is 0 Å². The third kappa shape index (κ3) is 2.79. The van der Waals surface area contributed by atoms with Gasteiger partial charge in [-0.25, -0.2) is 4.99 Å². The Kier molecular flexibility index (Phi) is 4.05. The maximum absolute atomic E-state index is 4.32. The van der Waals surface area contributed by atoms with Gasteiger partial charge in [-0.2, -0.15) is 0 Å². The van der Waals surface area contributed by atoms with Crippen molar-refractivity contribution >= 4 is 12.1 Å². The van der Waals surface area contributed by atoms with E-state index in [-0.39, 0.29) is 0 Å². The Morgan fingerprint density at radius 1 is 1.57 bits per heavy atom. The zero-order valence-electron chi connectivity index (χ0n) is 9.62. The third-order valence-corrected chi connectivity index (χ3v) is 3.11. The van der Waals surface area contributed by atoms with Gasteiger partial charge in [-0.15, -0.1) is 0 Å². The molecule has 0 heterocycles. The van der Waals surface area contributed by atoms with Gasteiger partial charge in [0.15, 0.2) is 0 Å². The highest BCUT2D eigenvalue weighted by Gasteiger charge is 2.20. The lowest BCUT2D eigenvalue weighted by Crippen LogP contribution is -2.19. The molecule has 1 aliphatic rings. The molecule has 0 aliphatic heterocycles. The van der Waals surface area contributed by atoms with Gasteiger partial charge in [0.05, 0.1) is 0 Å². The van der Waals surface area contributed by atoms with E-state index in [4.69, 9.17) is 0 Å². The lowest BCUT2D eigenvalue weighted by atomic mass is 9.81. The van der Waals surface area contributed by atoms with Crippen LogP contribution in [0.5, 0.6) is 0 Å². The maximum atomic E-state index is 4.32. The van der Waals surface area contributed by atoms with Gasteiger partial charge in [0.1, 0.15) is 6.34 Å². The van der Waals surface area contributed by atoms with Crippen LogP contribution in [0.4, 0.5) is 0 Å². The topological polar surface area (TPSA) is 24.7 Å². The van der Waals surface area contributed by atoms with Gasteiger partial charge in [-0.05, 0) is 32.6 Å². The van der Waals surface area contributed by atoms with E-state index in [1.807, 2.05) is 0 Å². The molecule has 0 spiro atoms. The average Bonchev–Trinajstić information content (AvgIpc) is 2.18. The predicted octanol–water partition coefficient (Wildman–Crippen LogP) is 3.10. The van der Waals surface area contributed by atoms with Crippen LogP contribution in [-0.4, -0.2) is 19.1 Å². The number of hydrogen-bond donors (Lipinski definition) is 0. The Bertz CT molecular complexity index is 274. The molecule has 14 heavy (non-hydrogen) atoms. The summed E-state index contributed by atoms with van der Waals surface area (Å²) in [6.07, 6.45) is 6.37. The van der Waals surface area contributed by atoms with Crippen molar-refractivity contribution < 1.29 is 0 Å². The van der Waals surface area contributed by atoms with Crippen molar-refractivity contribution in [2.45, 2.75) is 33.6 Å². The first kappa shape index (κ1) is 11.2. The average molecular weight is 192 g/mol. The largest absolute Gasteiger partial charge is 0.277 e. The van der Waals surface area contributed by atoms with Crippen LogP contribution in [-0.2, 0) is 0 Å². The number of nitrogens with zero attached hydrogens (tertiary/aromatic N) is 2. The van der Waals surface area contributed by atoms with E-state index in [0.717, 1.165) is 6.42 Å². The highest BCUT2D eigenvalue weighted by Crippen LogP contribution is 2.29. The number of rotatable bonds is 2. The fraction of sp³-hybridized carbons (Fsp3) is 0.667. The van der Waals surface area contributed by atoms with Gasteiger partial charge in [0, 0.05) is 18.7 Å². The van der Waals surface area contributed by atoms with Gasteiger partial charge in [0.25, 0.3) is 0 Å². The van der Waals surface area contributed by atoms with Crippen molar-refractivity contribution in [1.82, 2.24) is 0 Å². The van der Waals surface area contributed by atoms with E-state index in [0.29, 0.717) is 11.8 Å². The zero-order chi connectivity index (χ0) is 10.6. The smallest absolute Gasteiger partial charge is 0.109 e. The molecule has 2 heteroatoms. The fourth-order valence-corrected chi connectivity index (χ4v) is 1.83. The number of aliphatic imine (C=N–C) groups is 2. The molecule has 0 fully saturated rings. The molecule has 2 unspecified atom stereocenters. The van der Waals surface area contributed by atoms with E-state index in [2.05, 4.69) is 36.8 Å². The van der Waals surface area contributed by atoms with Crippen molar-refractivity contribution in [2.75, 3.05) is 7.05 Å². The summed E-state index contributed by atoms with van der Waals surface area (Å²) in [5.41, 5.74) is 2.74.